The molecule has 0 unspecified atom stereocenters. The highest BCUT2D eigenvalue weighted by atomic mass is 16.4. The first-order chi connectivity index (χ1) is 9.06. The number of aromatic nitrogens is 1. The van der Waals surface area contributed by atoms with Crippen LogP contribution in [-0.4, -0.2) is 16.1 Å². The average Bonchev–Trinajstić information content (AvgIpc) is 2.37. The van der Waals surface area contributed by atoms with Gasteiger partial charge in [-0.3, -0.25) is 0 Å². The quantitative estimate of drug-likeness (QED) is 0.782. The van der Waals surface area contributed by atoms with E-state index >= 15 is 0 Å². The number of carbonyl (C=O) groups is 1. The number of benzene rings is 1. The summed E-state index contributed by atoms with van der Waals surface area (Å²) >= 11 is 0. The number of aromatic carboxylic acids is 1. The van der Waals surface area contributed by atoms with Crippen LogP contribution in [0.5, 0.6) is 0 Å². The maximum absolute atomic E-state index is 11.0. The Morgan fingerprint density at radius 1 is 1.42 bits per heavy atom. The maximum atomic E-state index is 11.0. The predicted molar refractivity (Wildman–Crippen MR) is 74.1 cm³/mol. The van der Waals surface area contributed by atoms with E-state index < -0.39 is 5.97 Å². The van der Waals surface area contributed by atoms with Crippen LogP contribution in [-0.2, 0) is 6.54 Å². The fraction of sp³-hybridized carbons (Fsp3) is 0.143. The Morgan fingerprint density at radius 2 is 2.21 bits per heavy atom. The zero-order valence-corrected chi connectivity index (χ0v) is 10.6. The molecule has 0 saturated heterocycles. The summed E-state index contributed by atoms with van der Waals surface area (Å²) < 4.78 is 0. The number of hydrogen-bond donors (Lipinski definition) is 3. The second-order valence-corrected chi connectivity index (χ2v) is 4.30. The number of pyridine rings is 1. The van der Waals surface area contributed by atoms with E-state index in [4.69, 9.17) is 10.8 Å². The van der Waals surface area contributed by atoms with Gasteiger partial charge in [-0.1, -0.05) is 29.8 Å². The lowest BCUT2D eigenvalue weighted by atomic mass is 10.1. The standard InChI is InChI=1S/C14H15N3O2/c1-9-3-2-4-10(5-9)7-16-13-6-11(14(18)19)12(15)8-17-13/h2-6,8H,7,15H2,1H3,(H,16,17)(H,18,19). The third-order valence-corrected chi connectivity index (χ3v) is 2.72. The van der Waals surface area contributed by atoms with Crippen molar-refractivity contribution in [2.24, 2.45) is 0 Å². The van der Waals surface area contributed by atoms with Crippen molar-refractivity contribution in [2.45, 2.75) is 13.5 Å². The lowest BCUT2D eigenvalue weighted by molar-refractivity contribution is 0.0698. The van der Waals surface area contributed by atoms with Gasteiger partial charge in [0.15, 0.2) is 0 Å². The molecule has 0 aliphatic rings. The fourth-order valence-corrected chi connectivity index (χ4v) is 1.76. The van der Waals surface area contributed by atoms with Gasteiger partial charge in [0.1, 0.15) is 5.82 Å². The molecule has 0 saturated carbocycles. The molecule has 0 bridgehead atoms. The summed E-state index contributed by atoms with van der Waals surface area (Å²) in [5.74, 6) is -0.563. The Bertz CT molecular complexity index is 611. The van der Waals surface area contributed by atoms with Crippen molar-refractivity contribution in [1.82, 2.24) is 4.98 Å². The number of hydrogen-bond acceptors (Lipinski definition) is 4. The third kappa shape index (κ3) is 3.22. The van der Waals surface area contributed by atoms with Crippen molar-refractivity contribution in [1.29, 1.82) is 0 Å². The van der Waals surface area contributed by atoms with Crippen molar-refractivity contribution in [2.75, 3.05) is 11.1 Å². The SMILES string of the molecule is Cc1cccc(CNc2cc(C(=O)O)c(N)cn2)c1. The van der Waals surface area contributed by atoms with Gasteiger partial charge in [0.25, 0.3) is 0 Å². The summed E-state index contributed by atoms with van der Waals surface area (Å²) in [7, 11) is 0. The van der Waals surface area contributed by atoms with Crippen LogP contribution in [0.15, 0.2) is 36.5 Å². The lowest BCUT2D eigenvalue weighted by Gasteiger charge is -2.08. The molecule has 5 heteroatoms. The molecule has 0 aliphatic carbocycles. The molecule has 0 aliphatic heterocycles. The highest BCUT2D eigenvalue weighted by Gasteiger charge is 2.09. The molecule has 19 heavy (non-hydrogen) atoms. The zero-order valence-electron chi connectivity index (χ0n) is 10.6. The smallest absolute Gasteiger partial charge is 0.337 e. The number of aryl methyl sites for hydroxylation is 1. The van der Waals surface area contributed by atoms with E-state index in [-0.39, 0.29) is 11.3 Å². The highest BCUT2D eigenvalue weighted by molar-refractivity contribution is 5.94. The molecule has 5 nitrogen and oxygen atoms in total. The predicted octanol–water partition coefficient (Wildman–Crippen LogP) is 2.28. The normalized spacial score (nSPS) is 10.2. The maximum Gasteiger partial charge on any atom is 0.337 e. The topological polar surface area (TPSA) is 88.2 Å². The minimum Gasteiger partial charge on any atom is -0.478 e. The van der Waals surface area contributed by atoms with E-state index in [9.17, 15) is 4.79 Å². The number of carboxylic acids is 1. The number of carboxylic acid groups (broad SMARTS) is 1. The lowest BCUT2D eigenvalue weighted by Crippen LogP contribution is -2.07. The summed E-state index contributed by atoms with van der Waals surface area (Å²) in [6, 6.07) is 9.49. The molecule has 0 fully saturated rings. The first-order valence-corrected chi connectivity index (χ1v) is 5.84. The molecular formula is C14H15N3O2. The Kier molecular flexibility index (Phi) is 3.66. The van der Waals surface area contributed by atoms with Crippen LogP contribution in [0.4, 0.5) is 11.5 Å². The van der Waals surface area contributed by atoms with Crippen LogP contribution >= 0.6 is 0 Å². The second-order valence-electron chi connectivity index (χ2n) is 4.30. The first-order valence-electron chi connectivity index (χ1n) is 5.84. The third-order valence-electron chi connectivity index (χ3n) is 2.72. The summed E-state index contributed by atoms with van der Waals surface area (Å²) in [5.41, 5.74) is 8.05. The highest BCUT2D eigenvalue weighted by Crippen LogP contribution is 2.15. The van der Waals surface area contributed by atoms with Crippen molar-refractivity contribution in [3.63, 3.8) is 0 Å². The van der Waals surface area contributed by atoms with Crippen molar-refractivity contribution < 1.29 is 9.90 Å². The minimum atomic E-state index is -1.06. The van der Waals surface area contributed by atoms with Gasteiger partial charge in [-0.2, -0.15) is 0 Å². The Balaban J connectivity index is 2.12. The molecule has 1 aromatic heterocycles. The molecular weight excluding hydrogens is 242 g/mol. The van der Waals surface area contributed by atoms with Gasteiger partial charge < -0.3 is 16.2 Å². The van der Waals surface area contributed by atoms with E-state index in [0.29, 0.717) is 12.4 Å². The van der Waals surface area contributed by atoms with Gasteiger partial charge in [0.2, 0.25) is 0 Å². The van der Waals surface area contributed by atoms with Crippen molar-refractivity contribution >= 4 is 17.5 Å². The summed E-state index contributed by atoms with van der Waals surface area (Å²) in [6.07, 6.45) is 1.35. The number of nitrogens with one attached hydrogen (secondary N) is 1. The number of nitrogens with zero attached hydrogens (tertiary/aromatic N) is 1. The average molecular weight is 257 g/mol. The number of rotatable bonds is 4. The van der Waals surface area contributed by atoms with E-state index in [1.165, 1.54) is 17.8 Å². The number of nitrogens with two attached hydrogens (primary N) is 1. The fourth-order valence-electron chi connectivity index (χ4n) is 1.76. The van der Waals surface area contributed by atoms with E-state index in [0.717, 1.165) is 5.56 Å². The van der Waals surface area contributed by atoms with Crippen molar-refractivity contribution in [3.8, 4) is 0 Å². The van der Waals surface area contributed by atoms with Gasteiger partial charge in [0, 0.05) is 6.54 Å². The second kappa shape index (κ2) is 5.39. The molecule has 0 spiro atoms. The van der Waals surface area contributed by atoms with Crippen LogP contribution in [0, 0.1) is 6.92 Å². The van der Waals surface area contributed by atoms with Gasteiger partial charge >= 0.3 is 5.97 Å². The van der Waals surface area contributed by atoms with Crippen LogP contribution in [0.1, 0.15) is 21.5 Å². The van der Waals surface area contributed by atoms with Crippen LogP contribution in [0.25, 0.3) is 0 Å². The zero-order chi connectivity index (χ0) is 13.8. The molecule has 1 aromatic carbocycles. The Labute approximate surface area is 111 Å². The molecule has 2 rings (SSSR count). The summed E-state index contributed by atoms with van der Waals surface area (Å²) in [4.78, 5) is 15.0. The molecule has 98 valence electrons. The monoisotopic (exact) mass is 257 g/mol. The Hall–Kier alpha value is -2.56. The summed E-state index contributed by atoms with van der Waals surface area (Å²) in [6.45, 7) is 2.60. The molecule has 0 radical (unpaired) electrons. The molecule has 4 N–H and O–H groups in total. The Morgan fingerprint density at radius 3 is 2.89 bits per heavy atom. The minimum absolute atomic E-state index is 0.0572. The largest absolute Gasteiger partial charge is 0.478 e. The van der Waals surface area contributed by atoms with Crippen LogP contribution < -0.4 is 11.1 Å². The molecule has 1 heterocycles. The van der Waals surface area contributed by atoms with Gasteiger partial charge in [-0.05, 0) is 18.6 Å². The number of anilines is 2. The van der Waals surface area contributed by atoms with Gasteiger partial charge in [-0.25, -0.2) is 9.78 Å². The van der Waals surface area contributed by atoms with Gasteiger partial charge in [0.05, 0.1) is 17.4 Å². The molecule has 0 amide bonds. The number of nitrogen functional groups attached to an aromatic ring is 1. The first kappa shape index (κ1) is 12.9. The van der Waals surface area contributed by atoms with Crippen molar-refractivity contribution in [3.05, 3.63) is 53.2 Å². The van der Waals surface area contributed by atoms with E-state index in [2.05, 4.69) is 16.4 Å². The summed E-state index contributed by atoms with van der Waals surface area (Å²) in [5, 5.41) is 12.1. The molecule has 0 atom stereocenters. The van der Waals surface area contributed by atoms with E-state index in [1.54, 1.807) is 0 Å². The molecule has 2 aromatic rings. The van der Waals surface area contributed by atoms with E-state index in [1.807, 2.05) is 25.1 Å². The van der Waals surface area contributed by atoms with Crippen LogP contribution in [0.3, 0.4) is 0 Å². The van der Waals surface area contributed by atoms with Gasteiger partial charge in [-0.15, -0.1) is 0 Å². The van der Waals surface area contributed by atoms with Crippen LogP contribution in [0.2, 0.25) is 0 Å².